The molecule has 0 fully saturated rings. The molecule has 0 spiro atoms. The highest BCUT2D eigenvalue weighted by Crippen LogP contribution is 2.30. The van der Waals surface area contributed by atoms with Gasteiger partial charge >= 0.3 is 0 Å². The SMILES string of the molecule is CCS(=O)(=O)c1ccc(CC(=O)Nc2ccc(CC(=O)N3CCCc4ccc(CC(C)C)cc43)cc2)cc1. The van der Waals surface area contributed by atoms with Crippen LogP contribution in [0.15, 0.2) is 71.6 Å². The summed E-state index contributed by atoms with van der Waals surface area (Å²) in [4.78, 5) is 28.0. The first kappa shape index (κ1) is 27.6. The summed E-state index contributed by atoms with van der Waals surface area (Å²) >= 11 is 0. The summed E-state index contributed by atoms with van der Waals surface area (Å²) in [6.45, 7) is 6.74. The number of amides is 2. The summed E-state index contributed by atoms with van der Waals surface area (Å²) in [5.74, 6) is 0.490. The summed E-state index contributed by atoms with van der Waals surface area (Å²) in [6.07, 6.45) is 3.39. The van der Waals surface area contributed by atoms with Crippen molar-refractivity contribution in [1.82, 2.24) is 0 Å². The Balaban J connectivity index is 1.35. The summed E-state index contributed by atoms with van der Waals surface area (Å²) in [5.41, 5.74) is 5.82. The van der Waals surface area contributed by atoms with Gasteiger partial charge < -0.3 is 10.2 Å². The maximum absolute atomic E-state index is 13.3. The highest BCUT2D eigenvalue weighted by Gasteiger charge is 2.23. The van der Waals surface area contributed by atoms with Crippen molar-refractivity contribution >= 4 is 33.0 Å². The third kappa shape index (κ3) is 6.90. The second kappa shape index (κ2) is 11.9. The second-order valence-corrected chi connectivity index (χ2v) is 12.6. The molecule has 1 aliphatic heterocycles. The predicted octanol–water partition coefficient (Wildman–Crippen LogP) is 5.38. The first-order valence-electron chi connectivity index (χ1n) is 13.3. The van der Waals surface area contributed by atoms with Gasteiger partial charge in [0.15, 0.2) is 9.84 Å². The van der Waals surface area contributed by atoms with Gasteiger partial charge in [-0.3, -0.25) is 9.59 Å². The highest BCUT2D eigenvalue weighted by molar-refractivity contribution is 7.91. The van der Waals surface area contributed by atoms with E-state index in [0.29, 0.717) is 18.0 Å². The Bertz CT molecular complexity index is 1390. The summed E-state index contributed by atoms with van der Waals surface area (Å²) in [7, 11) is -3.26. The van der Waals surface area contributed by atoms with Crippen LogP contribution in [-0.4, -0.2) is 32.5 Å². The van der Waals surface area contributed by atoms with Crippen molar-refractivity contribution < 1.29 is 18.0 Å². The van der Waals surface area contributed by atoms with Gasteiger partial charge in [-0.2, -0.15) is 0 Å². The number of nitrogens with one attached hydrogen (secondary N) is 1. The van der Waals surface area contributed by atoms with E-state index in [1.54, 1.807) is 31.2 Å². The van der Waals surface area contributed by atoms with E-state index in [-0.39, 0.29) is 28.9 Å². The molecule has 0 unspecified atom stereocenters. The molecule has 0 bridgehead atoms. The first-order valence-corrected chi connectivity index (χ1v) is 14.9. The average Bonchev–Trinajstić information content (AvgIpc) is 2.89. The Labute approximate surface area is 226 Å². The van der Waals surface area contributed by atoms with E-state index in [1.807, 2.05) is 29.2 Å². The first-order chi connectivity index (χ1) is 18.1. The zero-order chi connectivity index (χ0) is 27.3. The number of fused-ring (bicyclic) bond motifs is 1. The fraction of sp³-hybridized carbons (Fsp3) is 0.355. The van der Waals surface area contributed by atoms with Crippen molar-refractivity contribution in [2.45, 2.75) is 57.8 Å². The molecule has 0 aromatic heterocycles. The molecule has 38 heavy (non-hydrogen) atoms. The Morgan fingerprint density at radius 2 is 1.53 bits per heavy atom. The summed E-state index contributed by atoms with van der Waals surface area (Å²) in [5, 5.41) is 2.87. The molecule has 0 aliphatic carbocycles. The van der Waals surface area contributed by atoms with Crippen LogP contribution >= 0.6 is 0 Å². The lowest BCUT2D eigenvalue weighted by atomic mass is 9.95. The van der Waals surface area contributed by atoms with Crippen LogP contribution in [0.4, 0.5) is 11.4 Å². The normalized spacial score (nSPS) is 13.3. The van der Waals surface area contributed by atoms with Crippen LogP contribution in [0.25, 0.3) is 0 Å². The number of nitrogens with zero attached hydrogens (tertiary/aromatic N) is 1. The molecule has 1 aliphatic rings. The number of rotatable bonds is 9. The van der Waals surface area contributed by atoms with Gasteiger partial charge in [0.1, 0.15) is 0 Å². The van der Waals surface area contributed by atoms with E-state index >= 15 is 0 Å². The topological polar surface area (TPSA) is 83.5 Å². The smallest absolute Gasteiger partial charge is 0.231 e. The van der Waals surface area contributed by atoms with Crippen LogP contribution < -0.4 is 10.2 Å². The van der Waals surface area contributed by atoms with Gasteiger partial charge in [-0.15, -0.1) is 0 Å². The molecule has 0 saturated carbocycles. The Hall–Kier alpha value is -3.45. The maximum Gasteiger partial charge on any atom is 0.231 e. The van der Waals surface area contributed by atoms with E-state index in [1.165, 1.54) is 11.1 Å². The number of anilines is 2. The van der Waals surface area contributed by atoms with Crippen molar-refractivity contribution in [3.8, 4) is 0 Å². The van der Waals surface area contributed by atoms with Crippen molar-refractivity contribution in [1.29, 1.82) is 0 Å². The largest absolute Gasteiger partial charge is 0.326 e. The van der Waals surface area contributed by atoms with Crippen LogP contribution in [0.3, 0.4) is 0 Å². The van der Waals surface area contributed by atoms with E-state index in [4.69, 9.17) is 0 Å². The molecule has 0 saturated heterocycles. The molecular weight excluding hydrogens is 496 g/mol. The molecule has 0 atom stereocenters. The van der Waals surface area contributed by atoms with Gasteiger partial charge in [-0.05, 0) is 77.8 Å². The molecule has 200 valence electrons. The van der Waals surface area contributed by atoms with E-state index < -0.39 is 9.84 Å². The van der Waals surface area contributed by atoms with Gasteiger partial charge in [-0.25, -0.2) is 8.42 Å². The van der Waals surface area contributed by atoms with Gasteiger partial charge in [0.05, 0.1) is 23.5 Å². The Morgan fingerprint density at radius 1 is 0.895 bits per heavy atom. The molecule has 0 radical (unpaired) electrons. The van der Waals surface area contributed by atoms with Crippen molar-refractivity contribution in [3.05, 3.63) is 89.0 Å². The van der Waals surface area contributed by atoms with E-state index in [2.05, 4.69) is 37.4 Å². The summed E-state index contributed by atoms with van der Waals surface area (Å²) < 4.78 is 23.9. The van der Waals surface area contributed by atoms with Crippen LogP contribution in [0.1, 0.15) is 49.4 Å². The predicted molar refractivity (Wildman–Crippen MR) is 152 cm³/mol. The minimum absolute atomic E-state index is 0.0407. The lowest BCUT2D eigenvalue weighted by Gasteiger charge is -2.30. The minimum Gasteiger partial charge on any atom is -0.326 e. The molecule has 4 rings (SSSR count). The van der Waals surface area contributed by atoms with Crippen LogP contribution in [0.2, 0.25) is 0 Å². The average molecular weight is 533 g/mol. The zero-order valence-electron chi connectivity index (χ0n) is 22.4. The van der Waals surface area contributed by atoms with Crippen LogP contribution in [0.5, 0.6) is 0 Å². The zero-order valence-corrected chi connectivity index (χ0v) is 23.2. The Morgan fingerprint density at radius 3 is 2.18 bits per heavy atom. The third-order valence-corrected chi connectivity index (χ3v) is 8.58. The fourth-order valence-corrected chi connectivity index (χ4v) is 5.71. The van der Waals surface area contributed by atoms with Gasteiger partial charge in [0.25, 0.3) is 0 Å². The minimum atomic E-state index is -3.26. The van der Waals surface area contributed by atoms with Crippen molar-refractivity contribution in [3.63, 3.8) is 0 Å². The second-order valence-electron chi connectivity index (χ2n) is 10.4. The number of carbonyl (C=O) groups is 2. The molecular formula is C31H36N2O4S. The van der Waals surface area contributed by atoms with Gasteiger partial charge in [-0.1, -0.05) is 57.2 Å². The van der Waals surface area contributed by atoms with Crippen LogP contribution in [0, 0.1) is 5.92 Å². The Kier molecular flexibility index (Phi) is 8.67. The van der Waals surface area contributed by atoms with E-state index in [9.17, 15) is 18.0 Å². The lowest BCUT2D eigenvalue weighted by molar-refractivity contribution is -0.118. The molecule has 7 heteroatoms. The fourth-order valence-electron chi connectivity index (χ4n) is 4.83. The number of hydrogen-bond acceptors (Lipinski definition) is 4. The highest BCUT2D eigenvalue weighted by atomic mass is 32.2. The number of carbonyl (C=O) groups excluding carboxylic acids is 2. The van der Waals surface area contributed by atoms with Crippen molar-refractivity contribution in [2.24, 2.45) is 5.92 Å². The number of benzene rings is 3. The van der Waals surface area contributed by atoms with Crippen molar-refractivity contribution in [2.75, 3.05) is 22.5 Å². The molecule has 1 N–H and O–H groups in total. The molecule has 6 nitrogen and oxygen atoms in total. The third-order valence-electron chi connectivity index (χ3n) is 6.83. The number of sulfone groups is 1. The molecule has 3 aromatic carbocycles. The molecule has 2 amide bonds. The number of aryl methyl sites for hydroxylation is 1. The van der Waals surface area contributed by atoms with Crippen LogP contribution in [-0.2, 0) is 45.1 Å². The van der Waals surface area contributed by atoms with Gasteiger partial charge in [0, 0.05) is 17.9 Å². The lowest BCUT2D eigenvalue weighted by Crippen LogP contribution is -2.36. The maximum atomic E-state index is 13.3. The number of hydrogen-bond donors (Lipinski definition) is 1. The molecule has 3 aromatic rings. The monoisotopic (exact) mass is 532 g/mol. The van der Waals surface area contributed by atoms with Gasteiger partial charge in [0.2, 0.25) is 11.8 Å². The quantitative estimate of drug-likeness (QED) is 0.401. The molecule has 1 heterocycles. The summed E-state index contributed by atoms with van der Waals surface area (Å²) in [6, 6.07) is 20.3. The van der Waals surface area contributed by atoms with E-state index in [0.717, 1.165) is 42.6 Å². The standard InChI is InChI=1S/C31H36N2O4S/c1-4-38(36,37)28-15-10-23(11-16-28)20-30(34)32-27-13-8-24(9-14-27)21-31(35)33-17-5-6-26-12-7-25(18-22(2)3)19-29(26)33/h7-16,19,22H,4-6,17-18,20-21H2,1-3H3,(H,32,34).